The molecule has 0 unspecified atom stereocenters. The average molecular weight is 337 g/mol. The topological polar surface area (TPSA) is 48.2 Å². The van der Waals surface area contributed by atoms with Crippen LogP contribution in [0.15, 0.2) is 22.6 Å². The molecule has 78 valence electrons. The minimum absolute atomic E-state index is 0.424. The van der Waals surface area contributed by atoms with Crippen LogP contribution in [0.4, 0.5) is 0 Å². The molecule has 6 heteroatoms. The van der Waals surface area contributed by atoms with Gasteiger partial charge in [-0.15, -0.1) is 10.2 Å². The first-order valence-corrected chi connectivity index (χ1v) is 5.49. The molecule has 0 saturated carbocycles. The number of methoxy groups -OCH3 is 1. The molecule has 0 saturated heterocycles. The highest BCUT2D eigenvalue weighted by Crippen LogP contribution is 2.31. The predicted octanol–water partition coefficient (Wildman–Crippen LogP) is 3.00. The maximum absolute atomic E-state index is 5.84. The third-order valence-corrected chi connectivity index (χ3v) is 2.47. The minimum Gasteiger partial charge on any atom is -0.496 e. The van der Waals surface area contributed by atoms with E-state index in [4.69, 9.17) is 20.8 Å². The first-order chi connectivity index (χ1) is 7.20. The molecule has 0 atom stereocenters. The van der Waals surface area contributed by atoms with Gasteiger partial charge in [0.05, 0.1) is 12.7 Å². The van der Waals surface area contributed by atoms with Crippen molar-refractivity contribution in [3.8, 4) is 17.2 Å². The molecule has 15 heavy (non-hydrogen) atoms. The molecule has 0 bridgehead atoms. The zero-order valence-corrected chi connectivity index (χ0v) is 10.6. The number of ether oxygens (including phenoxy) is 1. The maximum Gasteiger partial charge on any atom is 0.278 e. The van der Waals surface area contributed by atoms with Gasteiger partial charge in [0.2, 0.25) is 0 Å². The molecular weight excluding hydrogens is 330 g/mol. The largest absolute Gasteiger partial charge is 0.496 e. The van der Waals surface area contributed by atoms with Crippen molar-refractivity contribution in [3.05, 3.63) is 27.1 Å². The van der Waals surface area contributed by atoms with Gasteiger partial charge in [0, 0.05) is 27.6 Å². The van der Waals surface area contributed by atoms with E-state index in [0.717, 1.165) is 5.56 Å². The van der Waals surface area contributed by atoms with Crippen LogP contribution in [0, 0.1) is 3.90 Å². The number of rotatable bonds is 2. The van der Waals surface area contributed by atoms with E-state index in [-0.39, 0.29) is 0 Å². The number of hydrogen-bond donors (Lipinski definition) is 0. The average Bonchev–Trinajstić information content (AvgIpc) is 2.64. The summed E-state index contributed by atoms with van der Waals surface area (Å²) in [5.74, 6) is 1.04. The van der Waals surface area contributed by atoms with Gasteiger partial charge in [0.15, 0.2) is 0 Å². The minimum atomic E-state index is 0.424. The first-order valence-electron chi connectivity index (χ1n) is 4.03. The van der Waals surface area contributed by atoms with Crippen LogP contribution < -0.4 is 4.74 Å². The predicted molar refractivity (Wildman–Crippen MR) is 64.0 cm³/mol. The second-order valence-corrected chi connectivity index (χ2v) is 4.06. The Morgan fingerprint density at radius 2 is 2.20 bits per heavy atom. The number of halogens is 2. The Labute approximate surface area is 105 Å². The lowest BCUT2D eigenvalue weighted by molar-refractivity contribution is 0.414. The summed E-state index contributed by atoms with van der Waals surface area (Å²) in [5, 5.41) is 8.25. The quantitative estimate of drug-likeness (QED) is 0.791. The fourth-order valence-electron chi connectivity index (χ4n) is 1.16. The molecule has 0 radical (unpaired) electrons. The van der Waals surface area contributed by atoms with Gasteiger partial charge in [-0.05, 0) is 18.2 Å². The van der Waals surface area contributed by atoms with Crippen molar-refractivity contribution >= 4 is 34.2 Å². The molecule has 1 aromatic heterocycles. The summed E-state index contributed by atoms with van der Waals surface area (Å²) >= 11 is 7.79. The van der Waals surface area contributed by atoms with Crippen LogP contribution in [0.5, 0.6) is 5.75 Å². The van der Waals surface area contributed by atoms with E-state index in [0.29, 0.717) is 20.6 Å². The lowest BCUT2D eigenvalue weighted by atomic mass is 10.2. The van der Waals surface area contributed by atoms with Gasteiger partial charge < -0.3 is 9.15 Å². The van der Waals surface area contributed by atoms with Crippen LogP contribution >= 0.6 is 34.2 Å². The van der Waals surface area contributed by atoms with Crippen molar-refractivity contribution in [2.45, 2.75) is 0 Å². The highest BCUT2D eigenvalue weighted by atomic mass is 127. The van der Waals surface area contributed by atoms with E-state index in [1.165, 1.54) is 0 Å². The molecule has 1 heterocycles. The molecule has 0 aliphatic carbocycles. The Morgan fingerprint density at radius 3 is 2.80 bits per heavy atom. The number of benzene rings is 1. The van der Waals surface area contributed by atoms with Crippen molar-refractivity contribution in [1.82, 2.24) is 10.2 Å². The number of nitrogens with zero attached hydrogens (tertiary/aromatic N) is 2. The fourth-order valence-corrected chi connectivity index (χ4v) is 1.63. The van der Waals surface area contributed by atoms with E-state index in [1.807, 2.05) is 22.6 Å². The summed E-state index contributed by atoms with van der Waals surface area (Å²) in [7, 11) is 1.57. The lowest BCUT2D eigenvalue weighted by Gasteiger charge is -2.04. The molecule has 4 nitrogen and oxygen atoms in total. The number of aromatic nitrogens is 2. The number of hydrogen-bond acceptors (Lipinski definition) is 4. The Bertz CT molecular complexity index is 487. The van der Waals surface area contributed by atoms with Crippen LogP contribution in [0.1, 0.15) is 0 Å². The van der Waals surface area contributed by atoms with Gasteiger partial charge in [-0.1, -0.05) is 11.6 Å². The molecule has 0 aliphatic rings. The van der Waals surface area contributed by atoms with Crippen molar-refractivity contribution in [1.29, 1.82) is 0 Å². The van der Waals surface area contributed by atoms with Crippen LogP contribution in [-0.2, 0) is 0 Å². The summed E-state index contributed by atoms with van der Waals surface area (Å²) in [6.45, 7) is 0. The first kappa shape index (κ1) is 10.7. The molecule has 0 spiro atoms. The van der Waals surface area contributed by atoms with Crippen molar-refractivity contribution in [2.24, 2.45) is 0 Å². The Morgan fingerprint density at radius 1 is 1.40 bits per heavy atom. The lowest BCUT2D eigenvalue weighted by Crippen LogP contribution is -1.87. The second-order valence-electron chi connectivity index (χ2n) is 2.70. The second kappa shape index (κ2) is 4.36. The van der Waals surface area contributed by atoms with Crippen molar-refractivity contribution in [2.75, 3.05) is 7.11 Å². The fraction of sp³-hybridized carbons (Fsp3) is 0.111. The van der Waals surface area contributed by atoms with E-state index >= 15 is 0 Å². The normalized spacial score (nSPS) is 10.3. The monoisotopic (exact) mass is 336 g/mol. The summed E-state index contributed by atoms with van der Waals surface area (Å²) < 4.78 is 11.0. The Kier molecular flexibility index (Phi) is 3.11. The Balaban J connectivity index is 2.52. The molecule has 0 N–H and O–H groups in total. The Hall–Kier alpha value is -0.820. The summed E-state index contributed by atoms with van der Waals surface area (Å²) in [5.41, 5.74) is 0.734. The SMILES string of the molecule is COc1cc(Cl)ccc1-c1nnc(I)o1. The third-order valence-electron chi connectivity index (χ3n) is 1.79. The van der Waals surface area contributed by atoms with Crippen LogP contribution in [-0.4, -0.2) is 17.3 Å². The van der Waals surface area contributed by atoms with Gasteiger partial charge in [-0.25, -0.2) is 0 Å². The third kappa shape index (κ3) is 2.23. The standard InChI is InChI=1S/C9H6ClIN2O2/c1-14-7-4-5(10)2-3-6(7)8-12-13-9(11)15-8/h2-4H,1H3. The van der Waals surface area contributed by atoms with Crippen LogP contribution in [0.2, 0.25) is 5.02 Å². The van der Waals surface area contributed by atoms with Crippen molar-refractivity contribution in [3.63, 3.8) is 0 Å². The molecule has 0 amide bonds. The van der Waals surface area contributed by atoms with Crippen LogP contribution in [0.3, 0.4) is 0 Å². The molecule has 0 aliphatic heterocycles. The highest BCUT2D eigenvalue weighted by molar-refractivity contribution is 14.1. The highest BCUT2D eigenvalue weighted by Gasteiger charge is 2.12. The van der Waals surface area contributed by atoms with Crippen molar-refractivity contribution < 1.29 is 9.15 Å². The molecular formula is C9H6ClIN2O2. The molecule has 0 fully saturated rings. The van der Waals surface area contributed by atoms with E-state index in [9.17, 15) is 0 Å². The zero-order chi connectivity index (χ0) is 10.8. The van der Waals surface area contributed by atoms with Gasteiger partial charge in [0.25, 0.3) is 9.79 Å². The smallest absolute Gasteiger partial charge is 0.278 e. The van der Waals surface area contributed by atoms with E-state index < -0.39 is 0 Å². The molecule has 2 rings (SSSR count). The zero-order valence-electron chi connectivity index (χ0n) is 7.70. The molecule has 1 aromatic carbocycles. The van der Waals surface area contributed by atoms with Gasteiger partial charge in [-0.2, -0.15) is 0 Å². The summed E-state index contributed by atoms with van der Waals surface area (Å²) in [6, 6.07) is 5.23. The molecule has 2 aromatic rings. The van der Waals surface area contributed by atoms with E-state index in [1.54, 1.807) is 25.3 Å². The summed E-state index contributed by atoms with van der Waals surface area (Å²) in [4.78, 5) is 0. The summed E-state index contributed by atoms with van der Waals surface area (Å²) in [6.07, 6.45) is 0. The maximum atomic E-state index is 5.84. The van der Waals surface area contributed by atoms with E-state index in [2.05, 4.69) is 10.2 Å². The van der Waals surface area contributed by atoms with Gasteiger partial charge in [-0.3, -0.25) is 0 Å². The van der Waals surface area contributed by atoms with Gasteiger partial charge >= 0.3 is 0 Å². The van der Waals surface area contributed by atoms with Gasteiger partial charge in [0.1, 0.15) is 5.75 Å². The van der Waals surface area contributed by atoms with Crippen LogP contribution in [0.25, 0.3) is 11.5 Å².